The van der Waals surface area contributed by atoms with Gasteiger partial charge in [-0.3, -0.25) is 0 Å². The Bertz CT molecular complexity index is 858. The first-order valence-corrected chi connectivity index (χ1v) is 9.08. The van der Waals surface area contributed by atoms with Crippen molar-refractivity contribution < 1.29 is 4.74 Å². The highest BCUT2D eigenvalue weighted by Crippen LogP contribution is 2.27. The Morgan fingerprint density at radius 2 is 2.08 bits per heavy atom. The lowest BCUT2D eigenvalue weighted by Gasteiger charge is -2.15. The van der Waals surface area contributed by atoms with E-state index in [0.29, 0.717) is 0 Å². The summed E-state index contributed by atoms with van der Waals surface area (Å²) in [6.07, 6.45) is 4.25. The molecule has 0 atom stereocenters. The van der Waals surface area contributed by atoms with Gasteiger partial charge < -0.3 is 10.1 Å². The zero-order valence-electron chi connectivity index (χ0n) is 13.4. The Hall–Kier alpha value is -2.24. The van der Waals surface area contributed by atoms with Gasteiger partial charge in [0, 0.05) is 11.9 Å². The van der Waals surface area contributed by atoms with Gasteiger partial charge in [-0.2, -0.15) is 0 Å². The molecule has 24 heavy (non-hydrogen) atoms. The van der Waals surface area contributed by atoms with Gasteiger partial charge in [0.25, 0.3) is 0 Å². The molecular weight excluding hydrogens is 318 g/mol. The molecule has 0 unspecified atom stereocenters. The summed E-state index contributed by atoms with van der Waals surface area (Å²) < 4.78 is 5.36. The van der Waals surface area contributed by atoms with E-state index < -0.39 is 0 Å². The van der Waals surface area contributed by atoms with Crippen LogP contribution in [-0.2, 0) is 4.74 Å². The van der Waals surface area contributed by atoms with E-state index in [4.69, 9.17) is 14.7 Å². The van der Waals surface area contributed by atoms with E-state index in [9.17, 15) is 0 Å². The number of hydrogen-bond donors (Lipinski definition) is 1. The topological polar surface area (TPSA) is 47.0 Å². The molecule has 0 amide bonds. The van der Waals surface area contributed by atoms with Crippen LogP contribution in [0.25, 0.3) is 21.6 Å². The normalized spacial score (nSPS) is 14.6. The number of ether oxygens (including phenoxy) is 1. The van der Waals surface area contributed by atoms with Crippen LogP contribution in [0.5, 0.6) is 0 Å². The van der Waals surface area contributed by atoms with Crippen LogP contribution in [0, 0.1) is 0 Å². The maximum Gasteiger partial charge on any atom is 0.172 e. The van der Waals surface area contributed by atoms with Gasteiger partial charge in [0.05, 0.1) is 23.6 Å². The Morgan fingerprint density at radius 1 is 1.12 bits per heavy atom. The minimum Gasteiger partial charge on any atom is -0.377 e. The lowest BCUT2D eigenvalue weighted by atomic mass is 10.1. The Labute approximate surface area is 145 Å². The highest BCUT2D eigenvalue weighted by Gasteiger charge is 2.10. The first-order valence-electron chi connectivity index (χ1n) is 8.20. The molecule has 0 spiro atoms. The molecule has 0 bridgehead atoms. The molecule has 0 fully saturated rings. The van der Waals surface area contributed by atoms with Gasteiger partial charge in [-0.15, -0.1) is 11.3 Å². The van der Waals surface area contributed by atoms with E-state index in [1.54, 1.807) is 11.3 Å². The van der Waals surface area contributed by atoms with Gasteiger partial charge >= 0.3 is 0 Å². The molecule has 4 rings (SSSR count). The summed E-state index contributed by atoms with van der Waals surface area (Å²) in [4.78, 5) is 10.6. The average Bonchev–Trinajstić information content (AvgIpc) is 3.17. The maximum absolute atomic E-state index is 5.36. The molecule has 3 heterocycles. The van der Waals surface area contributed by atoms with Crippen LogP contribution >= 0.6 is 11.3 Å². The summed E-state index contributed by atoms with van der Waals surface area (Å²) in [5.41, 5.74) is 2.44. The van der Waals surface area contributed by atoms with E-state index in [1.807, 2.05) is 24.3 Å². The van der Waals surface area contributed by atoms with Crippen LogP contribution in [0.4, 0.5) is 5.82 Å². The summed E-state index contributed by atoms with van der Waals surface area (Å²) in [5.74, 6) is 1.70. The molecule has 1 aliphatic rings. The van der Waals surface area contributed by atoms with Crippen LogP contribution < -0.4 is 5.32 Å². The number of para-hydroxylation sites is 1. The van der Waals surface area contributed by atoms with Gasteiger partial charge in [-0.1, -0.05) is 29.8 Å². The van der Waals surface area contributed by atoms with Crippen LogP contribution in [-0.4, -0.2) is 29.7 Å². The van der Waals surface area contributed by atoms with Crippen molar-refractivity contribution >= 4 is 28.1 Å². The lowest BCUT2D eigenvalue weighted by Crippen LogP contribution is -2.10. The van der Waals surface area contributed by atoms with Crippen molar-refractivity contribution in [3.05, 3.63) is 53.4 Å². The third-order valence-corrected chi connectivity index (χ3v) is 5.01. The average molecular weight is 337 g/mol. The number of benzene rings is 1. The molecular formula is C19H19N3OS. The van der Waals surface area contributed by atoms with Gasteiger partial charge in [0.2, 0.25) is 0 Å². The van der Waals surface area contributed by atoms with Crippen LogP contribution in [0.2, 0.25) is 0 Å². The number of nitrogens with one attached hydrogen (secondary N) is 1. The third kappa shape index (κ3) is 3.32. The van der Waals surface area contributed by atoms with Crippen LogP contribution in [0.15, 0.2) is 53.4 Å². The summed E-state index contributed by atoms with van der Waals surface area (Å²) >= 11 is 1.66. The standard InChI is InChI=1S/C19H19N3OS/c1-2-5-16-15(4-1)18(20-10-7-14-8-11-23-12-9-14)22-19(21-16)17-6-3-13-24-17/h1-6,8,13H,7,9-12H2,(H,20,21,22). The summed E-state index contributed by atoms with van der Waals surface area (Å²) in [6.45, 7) is 2.45. The van der Waals surface area contributed by atoms with E-state index in [-0.39, 0.29) is 0 Å². The van der Waals surface area contributed by atoms with Crippen molar-refractivity contribution in [3.63, 3.8) is 0 Å². The van der Waals surface area contributed by atoms with Crippen molar-refractivity contribution in [2.75, 3.05) is 25.1 Å². The molecule has 0 saturated carbocycles. The highest BCUT2D eigenvalue weighted by molar-refractivity contribution is 7.13. The SMILES string of the molecule is C1=C(CCNc2nc(-c3cccs3)nc3ccccc23)CCOC1. The van der Waals surface area contributed by atoms with Crippen LogP contribution in [0.1, 0.15) is 12.8 Å². The van der Waals surface area contributed by atoms with E-state index >= 15 is 0 Å². The van der Waals surface area contributed by atoms with Crippen molar-refractivity contribution in [1.29, 1.82) is 0 Å². The fraction of sp³-hybridized carbons (Fsp3) is 0.263. The zero-order chi connectivity index (χ0) is 16.2. The molecule has 0 aliphatic carbocycles. The molecule has 3 aromatic rings. The predicted octanol–water partition coefficient (Wildman–Crippen LogP) is 4.51. The van der Waals surface area contributed by atoms with Crippen molar-refractivity contribution in [1.82, 2.24) is 9.97 Å². The van der Waals surface area contributed by atoms with Gasteiger partial charge in [0.15, 0.2) is 5.82 Å². The number of thiophene rings is 1. The smallest absolute Gasteiger partial charge is 0.172 e. The fourth-order valence-corrected chi connectivity index (χ4v) is 3.52. The van der Waals surface area contributed by atoms with Crippen molar-refractivity contribution in [2.45, 2.75) is 12.8 Å². The summed E-state index contributed by atoms with van der Waals surface area (Å²) in [7, 11) is 0. The quantitative estimate of drug-likeness (QED) is 0.696. The summed E-state index contributed by atoms with van der Waals surface area (Å²) in [5, 5.41) is 6.63. The summed E-state index contributed by atoms with van der Waals surface area (Å²) in [6, 6.07) is 12.3. The van der Waals surface area contributed by atoms with Crippen LogP contribution in [0.3, 0.4) is 0 Å². The number of anilines is 1. The number of nitrogens with zero attached hydrogens (tertiary/aromatic N) is 2. The minimum atomic E-state index is 0.744. The van der Waals surface area contributed by atoms with E-state index in [0.717, 1.165) is 60.0 Å². The first kappa shape index (κ1) is 15.3. The van der Waals surface area contributed by atoms with Gasteiger partial charge in [0.1, 0.15) is 5.82 Å². The monoisotopic (exact) mass is 337 g/mol. The third-order valence-electron chi connectivity index (χ3n) is 4.14. The molecule has 2 aromatic heterocycles. The second-order valence-corrected chi connectivity index (χ2v) is 6.70. The lowest BCUT2D eigenvalue weighted by molar-refractivity contribution is 0.153. The number of hydrogen-bond acceptors (Lipinski definition) is 5. The Kier molecular flexibility index (Phi) is 4.53. The first-order chi connectivity index (χ1) is 11.9. The Balaban J connectivity index is 1.59. The number of aromatic nitrogens is 2. The second kappa shape index (κ2) is 7.11. The second-order valence-electron chi connectivity index (χ2n) is 5.75. The number of rotatable bonds is 5. The van der Waals surface area contributed by atoms with Gasteiger partial charge in [-0.25, -0.2) is 9.97 Å². The molecule has 122 valence electrons. The predicted molar refractivity (Wildman–Crippen MR) is 99.5 cm³/mol. The van der Waals surface area contributed by atoms with E-state index in [2.05, 4.69) is 28.9 Å². The minimum absolute atomic E-state index is 0.744. The molecule has 1 N–H and O–H groups in total. The molecule has 1 aromatic carbocycles. The highest BCUT2D eigenvalue weighted by atomic mass is 32.1. The van der Waals surface area contributed by atoms with Crippen molar-refractivity contribution in [3.8, 4) is 10.7 Å². The number of fused-ring (bicyclic) bond motifs is 1. The van der Waals surface area contributed by atoms with Gasteiger partial charge in [-0.05, 0) is 36.4 Å². The molecule has 0 radical (unpaired) electrons. The largest absolute Gasteiger partial charge is 0.377 e. The van der Waals surface area contributed by atoms with E-state index in [1.165, 1.54) is 5.57 Å². The zero-order valence-corrected chi connectivity index (χ0v) is 14.2. The molecule has 4 nitrogen and oxygen atoms in total. The maximum atomic E-state index is 5.36. The fourth-order valence-electron chi connectivity index (χ4n) is 2.86. The van der Waals surface area contributed by atoms with Crippen molar-refractivity contribution in [2.24, 2.45) is 0 Å². The molecule has 1 aliphatic heterocycles. The molecule has 0 saturated heterocycles. The molecule has 5 heteroatoms. The Morgan fingerprint density at radius 3 is 2.92 bits per heavy atom.